The maximum Gasteiger partial charge on any atom is 0.141 e. The van der Waals surface area contributed by atoms with Gasteiger partial charge in [0, 0.05) is 6.42 Å². The predicted molar refractivity (Wildman–Crippen MR) is 78.8 cm³/mol. The minimum atomic E-state index is -1.39. The number of hydrogen-bond donors (Lipinski definition) is 0. The predicted octanol–water partition coefficient (Wildman–Crippen LogP) is 3.95. The summed E-state index contributed by atoms with van der Waals surface area (Å²) in [6, 6.07) is 15.1. The Morgan fingerprint density at radius 3 is 2.22 bits per heavy atom. The highest BCUT2D eigenvalue weighted by Gasteiger charge is 2.37. The third-order valence-corrected chi connectivity index (χ3v) is 3.72. The molecule has 0 saturated carbocycles. The Labute approximate surface area is 132 Å². The van der Waals surface area contributed by atoms with Gasteiger partial charge in [0.25, 0.3) is 0 Å². The lowest BCUT2D eigenvalue weighted by atomic mass is 9.71. The van der Waals surface area contributed by atoms with Crippen LogP contribution in [-0.2, 0) is 5.41 Å². The molecule has 0 radical (unpaired) electrons. The molecule has 0 amide bonds. The summed E-state index contributed by atoms with van der Waals surface area (Å²) in [6.07, 6.45) is 0.107. The van der Waals surface area contributed by atoms with Crippen LogP contribution in [0.5, 0.6) is 0 Å². The summed E-state index contributed by atoms with van der Waals surface area (Å²) in [7, 11) is 0. The van der Waals surface area contributed by atoms with Crippen LogP contribution in [0.25, 0.3) is 0 Å². The van der Waals surface area contributed by atoms with E-state index in [0.29, 0.717) is 5.56 Å². The van der Waals surface area contributed by atoms with Crippen LogP contribution in [0, 0.1) is 45.6 Å². The fourth-order valence-corrected chi connectivity index (χ4v) is 2.59. The van der Waals surface area contributed by atoms with Gasteiger partial charge in [-0.2, -0.15) is 15.8 Å². The van der Waals surface area contributed by atoms with Crippen LogP contribution in [0.3, 0.4) is 0 Å². The first-order chi connectivity index (χ1) is 11.1. The lowest BCUT2D eigenvalue weighted by Crippen LogP contribution is -2.27. The SMILES string of the molecule is N#CCC[C@@](C#N)(c1ccc(F)cc1)c1cccc(F)c1C#N. The number of nitrogens with zero attached hydrogens (tertiary/aromatic N) is 3. The quantitative estimate of drug-likeness (QED) is 0.858. The van der Waals surface area contributed by atoms with Gasteiger partial charge in [-0.15, -0.1) is 0 Å². The average Bonchev–Trinajstić information content (AvgIpc) is 2.57. The molecule has 0 aliphatic carbocycles. The minimum Gasteiger partial charge on any atom is -0.207 e. The van der Waals surface area contributed by atoms with Crippen molar-refractivity contribution in [3.05, 3.63) is 70.8 Å². The van der Waals surface area contributed by atoms with E-state index in [1.165, 1.54) is 36.4 Å². The van der Waals surface area contributed by atoms with Crippen LogP contribution < -0.4 is 0 Å². The van der Waals surface area contributed by atoms with Gasteiger partial charge in [-0.1, -0.05) is 24.3 Å². The molecule has 2 rings (SSSR count). The molecule has 0 heterocycles. The molecule has 5 heteroatoms. The maximum atomic E-state index is 14.0. The zero-order chi connectivity index (χ0) is 16.9. The summed E-state index contributed by atoms with van der Waals surface area (Å²) in [6.45, 7) is 0. The Morgan fingerprint density at radius 2 is 1.65 bits per heavy atom. The molecule has 0 spiro atoms. The molecule has 3 nitrogen and oxygen atoms in total. The van der Waals surface area contributed by atoms with Crippen molar-refractivity contribution in [3.63, 3.8) is 0 Å². The van der Waals surface area contributed by atoms with Crippen LogP contribution in [0.4, 0.5) is 8.78 Å². The van der Waals surface area contributed by atoms with Crippen molar-refractivity contribution in [1.82, 2.24) is 0 Å². The van der Waals surface area contributed by atoms with Crippen LogP contribution in [0.2, 0.25) is 0 Å². The number of nitriles is 3. The molecule has 2 aromatic carbocycles. The smallest absolute Gasteiger partial charge is 0.141 e. The topological polar surface area (TPSA) is 71.4 Å². The second-order valence-electron chi connectivity index (χ2n) is 4.96. The highest BCUT2D eigenvalue weighted by atomic mass is 19.1. The molecular weight excluding hydrogens is 296 g/mol. The van der Waals surface area contributed by atoms with Gasteiger partial charge in [-0.25, -0.2) is 8.78 Å². The average molecular weight is 307 g/mol. The Hall–Kier alpha value is -3.23. The first-order valence-corrected chi connectivity index (χ1v) is 6.82. The summed E-state index contributed by atoms with van der Waals surface area (Å²) in [5.74, 6) is -1.20. The molecule has 1 atom stereocenters. The molecule has 0 unspecified atom stereocenters. The van der Waals surface area contributed by atoms with Crippen molar-refractivity contribution < 1.29 is 8.78 Å². The van der Waals surface area contributed by atoms with E-state index in [1.807, 2.05) is 6.07 Å². The van der Waals surface area contributed by atoms with E-state index in [1.54, 1.807) is 6.07 Å². The molecule has 0 aromatic heterocycles. The van der Waals surface area contributed by atoms with Crippen molar-refractivity contribution >= 4 is 0 Å². The Bertz CT molecular complexity index is 839. The van der Waals surface area contributed by atoms with Gasteiger partial charge in [0.2, 0.25) is 0 Å². The largest absolute Gasteiger partial charge is 0.207 e. The van der Waals surface area contributed by atoms with Gasteiger partial charge in [-0.3, -0.25) is 0 Å². The van der Waals surface area contributed by atoms with Crippen molar-refractivity contribution in [1.29, 1.82) is 15.8 Å². The first kappa shape index (κ1) is 16.1. The van der Waals surface area contributed by atoms with Crippen LogP contribution in [-0.4, -0.2) is 0 Å². The molecule has 0 saturated heterocycles. The summed E-state index contributed by atoms with van der Waals surface area (Å²) in [5, 5.41) is 27.9. The van der Waals surface area contributed by atoms with Gasteiger partial charge in [0.1, 0.15) is 23.1 Å². The number of halogens is 2. The molecule has 0 N–H and O–H groups in total. The molecule has 0 bridgehead atoms. The monoisotopic (exact) mass is 307 g/mol. The van der Waals surface area contributed by atoms with Crippen LogP contribution >= 0.6 is 0 Å². The zero-order valence-electron chi connectivity index (χ0n) is 12.1. The maximum absolute atomic E-state index is 14.0. The Balaban J connectivity index is 2.76. The van der Waals surface area contributed by atoms with E-state index in [4.69, 9.17) is 5.26 Å². The summed E-state index contributed by atoms with van der Waals surface area (Å²) in [4.78, 5) is 0. The van der Waals surface area contributed by atoms with E-state index >= 15 is 0 Å². The second-order valence-corrected chi connectivity index (χ2v) is 4.96. The lowest BCUT2D eigenvalue weighted by molar-refractivity contribution is 0.577. The lowest BCUT2D eigenvalue weighted by Gasteiger charge is -2.28. The van der Waals surface area contributed by atoms with E-state index in [-0.39, 0.29) is 24.0 Å². The highest BCUT2D eigenvalue weighted by molar-refractivity contribution is 5.53. The third kappa shape index (κ3) is 2.89. The van der Waals surface area contributed by atoms with E-state index < -0.39 is 17.0 Å². The fourth-order valence-electron chi connectivity index (χ4n) is 2.59. The van der Waals surface area contributed by atoms with Gasteiger partial charge < -0.3 is 0 Å². The molecular formula is C18H11F2N3. The standard InChI is InChI=1S/C18H11F2N3/c19-14-7-5-13(6-8-14)18(12-23,9-2-10-21)16-3-1-4-17(20)15(16)11-22/h1,3-8H,2,9H2/t18-/m1/s1. The number of rotatable bonds is 4. The Morgan fingerprint density at radius 1 is 0.957 bits per heavy atom. The first-order valence-electron chi connectivity index (χ1n) is 6.82. The van der Waals surface area contributed by atoms with E-state index in [2.05, 4.69) is 6.07 Å². The van der Waals surface area contributed by atoms with Gasteiger partial charge in [-0.05, 0) is 35.7 Å². The highest BCUT2D eigenvalue weighted by Crippen LogP contribution is 2.38. The van der Waals surface area contributed by atoms with Crippen molar-refractivity contribution in [2.24, 2.45) is 0 Å². The van der Waals surface area contributed by atoms with Crippen molar-refractivity contribution in [2.75, 3.05) is 0 Å². The molecule has 0 aliphatic heterocycles. The third-order valence-electron chi connectivity index (χ3n) is 3.72. The van der Waals surface area contributed by atoms with Gasteiger partial charge in [0.05, 0.1) is 17.7 Å². The second kappa shape index (κ2) is 6.69. The number of hydrogen-bond acceptors (Lipinski definition) is 3. The summed E-state index contributed by atoms with van der Waals surface area (Å²) in [5.41, 5.74) is -1.03. The van der Waals surface area contributed by atoms with Crippen LogP contribution in [0.1, 0.15) is 29.5 Å². The van der Waals surface area contributed by atoms with Gasteiger partial charge >= 0.3 is 0 Å². The van der Waals surface area contributed by atoms with Crippen LogP contribution in [0.15, 0.2) is 42.5 Å². The van der Waals surface area contributed by atoms with E-state index in [9.17, 15) is 19.3 Å². The number of benzene rings is 2. The normalized spacial score (nSPS) is 12.5. The molecule has 23 heavy (non-hydrogen) atoms. The van der Waals surface area contributed by atoms with Crippen molar-refractivity contribution in [2.45, 2.75) is 18.3 Å². The van der Waals surface area contributed by atoms with E-state index in [0.717, 1.165) is 6.07 Å². The van der Waals surface area contributed by atoms with Crippen molar-refractivity contribution in [3.8, 4) is 18.2 Å². The summed E-state index contributed by atoms with van der Waals surface area (Å²) >= 11 is 0. The minimum absolute atomic E-state index is 0.0340. The summed E-state index contributed by atoms with van der Waals surface area (Å²) < 4.78 is 27.2. The molecule has 0 aliphatic rings. The Kier molecular flexibility index (Phi) is 4.69. The molecule has 112 valence electrons. The fraction of sp³-hybridized carbons (Fsp3) is 0.167. The zero-order valence-corrected chi connectivity index (χ0v) is 12.1. The molecule has 2 aromatic rings. The van der Waals surface area contributed by atoms with Gasteiger partial charge in [0.15, 0.2) is 0 Å². The molecule has 0 fully saturated rings.